The fraction of sp³-hybridized carbons (Fsp3) is 0.533. The smallest absolute Gasteiger partial charge is 0.305 e. The van der Waals surface area contributed by atoms with Crippen LogP contribution in [0.25, 0.3) is 0 Å². The number of hydrogen-bond acceptors (Lipinski definition) is 2. The highest BCUT2D eigenvalue weighted by Gasteiger charge is 2.09. The molecule has 0 saturated heterocycles. The Bertz CT molecular complexity index is 412. The van der Waals surface area contributed by atoms with E-state index in [2.05, 4.69) is 18.2 Å². The molecule has 18 heavy (non-hydrogen) atoms. The van der Waals surface area contributed by atoms with E-state index in [1.807, 2.05) is 0 Å². The van der Waals surface area contributed by atoms with Crippen LogP contribution in [0, 0.1) is 0 Å². The van der Waals surface area contributed by atoms with Crippen molar-refractivity contribution in [2.24, 2.45) is 0 Å². The first-order valence-electron chi connectivity index (χ1n) is 6.66. The predicted molar refractivity (Wildman–Crippen MR) is 69.9 cm³/mol. The Labute approximate surface area is 108 Å². The molecule has 0 spiro atoms. The zero-order chi connectivity index (χ0) is 12.8. The Hall–Kier alpha value is -1.35. The number of benzene rings is 1. The summed E-state index contributed by atoms with van der Waals surface area (Å²) in [5.41, 5.74) is 4.28. The van der Waals surface area contributed by atoms with Gasteiger partial charge in [-0.2, -0.15) is 0 Å². The summed E-state index contributed by atoms with van der Waals surface area (Å²) in [7, 11) is 0. The summed E-state index contributed by atoms with van der Waals surface area (Å²) >= 11 is 0. The van der Waals surface area contributed by atoms with Gasteiger partial charge in [-0.05, 0) is 48.8 Å². The van der Waals surface area contributed by atoms with Crippen LogP contribution in [0.2, 0.25) is 0 Å². The van der Waals surface area contributed by atoms with E-state index in [-0.39, 0.29) is 6.42 Å². The lowest BCUT2D eigenvalue weighted by molar-refractivity contribution is -0.138. The van der Waals surface area contributed by atoms with Crippen molar-refractivity contribution in [1.82, 2.24) is 0 Å². The number of aryl methyl sites for hydroxylation is 2. The molecule has 0 aromatic heterocycles. The Morgan fingerprint density at radius 3 is 2.72 bits per heavy atom. The van der Waals surface area contributed by atoms with E-state index in [0.29, 0.717) is 13.2 Å². The van der Waals surface area contributed by atoms with Crippen LogP contribution in [0.15, 0.2) is 18.2 Å². The summed E-state index contributed by atoms with van der Waals surface area (Å²) in [6, 6.07) is 6.70. The van der Waals surface area contributed by atoms with Gasteiger partial charge in [0.25, 0.3) is 0 Å². The maximum Gasteiger partial charge on any atom is 0.305 e. The quantitative estimate of drug-likeness (QED) is 0.787. The maximum atomic E-state index is 10.3. The first-order chi connectivity index (χ1) is 8.75. The lowest BCUT2D eigenvalue weighted by Gasteiger charge is -2.16. The van der Waals surface area contributed by atoms with Gasteiger partial charge in [-0.3, -0.25) is 4.79 Å². The number of carbonyl (C=O) groups is 1. The third-order valence-electron chi connectivity index (χ3n) is 3.41. The number of carboxylic acid groups (broad SMARTS) is 1. The predicted octanol–water partition coefficient (Wildman–Crippen LogP) is 2.60. The summed E-state index contributed by atoms with van der Waals surface area (Å²) in [4.78, 5) is 10.3. The molecule has 0 aliphatic heterocycles. The average Bonchev–Trinajstić information content (AvgIpc) is 2.38. The van der Waals surface area contributed by atoms with Crippen molar-refractivity contribution < 1.29 is 14.6 Å². The maximum absolute atomic E-state index is 10.3. The molecule has 98 valence electrons. The Morgan fingerprint density at radius 2 is 1.94 bits per heavy atom. The van der Waals surface area contributed by atoms with Crippen LogP contribution in [0.5, 0.6) is 0 Å². The minimum absolute atomic E-state index is 0.0875. The second-order valence-electron chi connectivity index (χ2n) is 4.82. The van der Waals surface area contributed by atoms with Gasteiger partial charge in [0.15, 0.2) is 0 Å². The largest absolute Gasteiger partial charge is 0.481 e. The van der Waals surface area contributed by atoms with Crippen molar-refractivity contribution >= 4 is 5.97 Å². The average molecular weight is 248 g/mol. The monoisotopic (exact) mass is 248 g/mol. The molecule has 2 rings (SSSR count). The van der Waals surface area contributed by atoms with E-state index in [1.165, 1.54) is 42.4 Å². The molecule has 0 bridgehead atoms. The minimum atomic E-state index is -0.802. The number of carboxylic acids is 1. The molecule has 1 aliphatic rings. The molecule has 1 N–H and O–H groups in total. The molecule has 0 amide bonds. The number of rotatable bonds is 6. The van der Waals surface area contributed by atoms with Gasteiger partial charge in [0.05, 0.1) is 19.6 Å². The molecule has 0 fully saturated rings. The zero-order valence-corrected chi connectivity index (χ0v) is 10.7. The molecule has 3 nitrogen and oxygen atoms in total. The van der Waals surface area contributed by atoms with Gasteiger partial charge < -0.3 is 9.84 Å². The number of hydrogen-bond donors (Lipinski definition) is 1. The summed E-state index contributed by atoms with van der Waals surface area (Å²) in [6.07, 6.45) is 5.97. The second kappa shape index (κ2) is 6.55. The molecule has 3 heteroatoms. The third kappa shape index (κ3) is 3.84. The lowest BCUT2D eigenvalue weighted by Crippen LogP contribution is -2.07. The van der Waals surface area contributed by atoms with E-state index in [0.717, 1.165) is 6.42 Å². The van der Waals surface area contributed by atoms with Gasteiger partial charge in [-0.25, -0.2) is 0 Å². The van der Waals surface area contributed by atoms with E-state index >= 15 is 0 Å². The number of ether oxygens (including phenoxy) is 1. The standard InChI is InChI=1S/C15H20O3/c16-15(17)8-10-18-9-7-12-5-6-13-3-1-2-4-14(13)11-12/h5-6,11H,1-4,7-10H2,(H,16,17). The Kier molecular flexibility index (Phi) is 4.76. The van der Waals surface area contributed by atoms with Gasteiger partial charge in [-0.1, -0.05) is 18.2 Å². The fourth-order valence-corrected chi connectivity index (χ4v) is 2.39. The third-order valence-corrected chi connectivity index (χ3v) is 3.41. The number of aliphatic carboxylic acids is 1. The first kappa shape index (κ1) is 13.1. The van der Waals surface area contributed by atoms with Gasteiger partial charge in [0.1, 0.15) is 0 Å². The highest BCUT2D eigenvalue weighted by molar-refractivity contribution is 5.66. The van der Waals surface area contributed by atoms with Crippen LogP contribution >= 0.6 is 0 Å². The molecular formula is C15H20O3. The molecule has 0 unspecified atom stereocenters. The van der Waals surface area contributed by atoms with Crippen LogP contribution in [0.1, 0.15) is 36.0 Å². The van der Waals surface area contributed by atoms with Crippen molar-refractivity contribution in [2.75, 3.05) is 13.2 Å². The lowest BCUT2D eigenvalue weighted by atomic mass is 9.90. The molecule has 0 heterocycles. The molecule has 1 aromatic rings. The molecule has 0 atom stereocenters. The topological polar surface area (TPSA) is 46.5 Å². The molecule has 0 radical (unpaired) electrons. The summed E-state index contributed by atoms with van der Waals surface area (Å²) in [6.45, 7) is 0.909. The Balaban J connectivity index is 1.77. The van der Waals surface area contributed by atoms with E-state index in [4.69, 9.17) is 9.84 Å². The first-order valence-corrected chi connectivity index (χ1v) is 6.66. The second-order valence-corrected chi connectivity index (χ2v) is 4.82. The van der Waals surface area contributed by atoms with Crippen molar-refractivity contribution in [3.8, 4) is 0 Å². The van der Waals surface area contributed by atoms with E-state index in [1.54, 1.807) is 0 Å². The van der Waals surface area contributed by atoms with Crippen LogP contribution in [0.3, 0.4) is 0 Å². The van der Waals surface area contributed by atoms with Crippen molar-refractivity contribution in [3.05, 3.63) is 34.9 Å². The Morgan fingerprint density at radius 1 is 1.17 bits per heavy atom. The van der Waals surface area contributed by atoms with Crippen LogP contribution < -0.4 is 0 Å². The molecular weight excluding hydrogens is 228 g/mol. The highest BCUT2D eigenvalue weighted by atomic mass is 16.5. The molecule has 1 aromatic carbocycles. The van der Waals surface area contributed by atoms with Gasteiger partial charge in [-0.15, -0.1) is 0 Å². The van der Waals surface area contributed by atoms with Gasteiger partial charge in [0, 0.05) is 0 Å². The minimum Gasteiger partial charge on any atom is -0.481 e. The van der Waals surface area contributed by atoms with E-state index in [9.17, 15) is 4.79 Å². The van der Waals surface area contributed by atoms with Crippen LogP contribution in [-0.4, -0.2) is 24.3 Å². The van der Waals surface area contributed by atoms with Crippen LogP contribution in [-0.2, 0) is 28.8 Å². The van der Waals surface area contributed by atoms with Crippen molar-refractivity contribution in [1.29, 1.82) is 0 Å². The zero-order valence-electron chi connectivity index (χ0n) is 10.7. The van der Waals surface area contributed by atoms with Crippen molar-refractivity contribution in [3.63, 3.8) is 0 Å². The van der Waals surface area contributed by atoms with Gasteiger partial charge in [0.2, 0.25) is 0 Å². The van der Waals surface area contributed by atoms with Gasteiger partial charge >= 0.3 is 5.97 Å². The SMILES string of the molecule is O=C(O)CCOCCc1ccc2c(c1)CCCC2. The molecule has 0 saturated carbocycles. The summed E-state index contributed by atoms with van der Waals surface area (Å²) < 4.78 is 5.31. The fourth-order valence-electron chi connectivity index (χ4n) is 2.39. The van der Waals surface area contributed by atoms with Crippen LogP contribution in [0.4, 0.5) is 0 Å². The summed E-state index contributed by atoms with van der Waals surface area (Å²) in [5, 5.41) is 8.48. The van der Waals surface area contributed by atoms with E-state index < -0.39 is 5.97 Å². The molecule has 1 aliphatic carbocycles. The van der Waals surface area contributed by atoms with Crippen molar-refractivity contribution in [2.45, 2.75) is 38.5 Å². The highest BCUT2D eigenvalue weighted by Crippen LogP contribution is 2.22. The number of fused-ring (bicyclic) bond motifs is 1. The normalized spacial score (nSPS) is 14.2. The summed E-state index contributed by atoms with van der Waals surface area (Å²) in [5.74, 6) is -0.802.